The van der Waals surface area contributed by atoms with E-state index >= 15 is 0 Å². The van der Waals surface area contributed by atoms with Crippen LogP contribution >= 0.6 is 7.92 Å². The van der Waals surface area contributed by atoms with Gasteiger partial charge in [-0.3, -0.25) is 0 Å². The highest BCUT2D eigenvalue weighted by molar-refractivity contribution is 7.60. The number of hydrogen-bond acceptors (Lipinski definition) is 3. The van der Waals surface area contributed by atoms with Gasteiger partial charge in [-0.15, -0.1) is 0 Å². The van der Waals surface area contributed by atoms with Gasteiger partial charge in [0.1, 0.15) is 0 Å². The molecular formula is C24H35O3P. The van der Waals surface area contributed by atoms with Crippen LogP contribution in [0.5, 0.6) is 0 Å². The summed E-state index contributed by atoms with van der Waals surface area (Å²) in [4.78, 5) is 0. The fraction of sp³-hybridized carbons (Fsp3) is 0.500. The van der Waals surface area contributed by atoms with Crippen molar-refractivity contribution >= 4 is 7.92 Å². The first kappa shape index (κ1) is 23.0. The molecule has 154 valence electrons. The van der Waals surface area contributed by atoms with Gasteiger partial charge in [0.15, 0.2) is 5.60 Å². The second-order valence-electron chi connectivity index (χ2n) is 9.37. The molecular weight excluding hydrogens is 367 g/mol. The van der Waals surface area contributed by atoms with Gasteiger partial charge >= 0.3 is 0 Å². The summed E-state index contributed by atoms with van der Waals surface area (Å²) in [5, 5.41) is 24.0. The van der Waals surface area contributed by atoms with Crippen molar-refractivity contribution in [1.29, 1.82) is 0 Å². The van der Waals surface area contributed by atoms with Crippen LogP contribution in [0.4, 0.5) is 0 Å². The zero-order valence-electron chi connectivity index (χ0n) is 18.2. The molecule has 3 nitrogen and oxygen atoms in total. The van der Waals surface area contributed by atoms with Crippen LogP contribution in [0.15, 0.2) is 60.7 Å². The van der Waals surface area contributed by atoms with E-state index in [-0.39, 0.29) is 10.3 Å². The van der Waals surface area contributed by atoms with Crippen molar-refractivity contribution < 1.29 is 14.9 Å². The molecule has 0 fully saturated rings. The SMILES string of the molecule is COC(O)(c1ccccc1)C(O)(CP(C(C)(C)C)C(C)(C)C)c1ccccc1. The molecule has 28 heavy (non-hydrogen) atoms. The van der Waals surface area contributed by atoms with Crippen LogP contribution in [0, 0.1) is 0 Å². The summed E-state index contributed by atoms with van der Waals surface area (Å²) in [5.74, 6) is -1.87. The smallest absolute Gasteiger partial charge is 0.226 e. The Morgan fingerprint density at radius 3 is 1.46 bits per heavy atom. The predicted octanol–water partition coefficient (Wildman–Crippen LogP) is 5.44. The van der Waals surface area contributed by atoms with Crippen LogP contribution in [-0.2, 0) is 16.1 Å². The Balaban J connectivity index is 2.71. The minimum Gasteiger partial charge on any atom is -0.379 e. The van der Waals surface area contributed by atoms with Gasteiger partial charge in [-0.2, -0.15) is 0 Å². The standard InChI is InChI=1S/C24H35O3P/c1-21(2,3)28(22(4,5)6)18-23(25,19-14-10-8-11-15-19)24(26,27-7)20-16-12-9-13-17-20/h8-17,25-26H,18H2,1-7H3. The normalized spacial score (nSPS) is 17.2. The van der Waals surface area contributed by atoms with Gasteiger partial charge in [-0.25, -0.2) is 0 Å². The number of aliphatic hydroxyl groups is 2. The van der Waals surface area contributed by atoms with Crippen molar-refractivity contribution in [2.45, 2.75) is 63.2 Å². The molecule has 2 aromatic rings. The van der Waals surface area contributed by atoms with E-state index in [2.05, 4.69) is 41.5 Å². The van der Waals surface area contributed by atoms with Crippen molar-refractivity contribution in [3.8, 4) is 0 Å². The van der Waals surface area contributed by atoms with E-state index in [1.54, 1.807) is 12.1 Å². The Kier molecular flexibility index (Phi) is 6.78. The molecule has 0 saturated carbocycles. The third kappa shape index (κ3) is 4.49. The maximum absolute atomic E-state index is 12.2. The summed E-state index contributed by atoms with van der Waals surface area (Å²) >= 11 is 0. The first-order valence-electron chi connectivity index (χ1n) is 9.75. The molecule has 2 rings (SSSR count). The van der Waals surface area contributed by atoms with Crippen molar-refractivity contribution in [2.75, 3.05) is 13.3 Å². The molecule has 0 bridgehead atoms. The number of rotatable bonds is 6. The molecule has 2 aromatic carbocycles. The van der Waals surface area contributed by atoms with E-state index < -0.39 is 19.3 Å². The summed E-state index contributed by atoms with van der Waals surface area (Å²) in [7, 11) is 0.751. The number of benzene rings is 2. The number of methoxy groups -OCH3 is 1. The quantitative estimate of drug-likeness (QED) is 0.499. The molecule has 0 aromatic heterocycles. The van der Waals surface area contributed by atoms with Crippen LogP contribution in [0.25, 0.3) is 0 Å². The average Bonchev–Trinajstić information content (AvgIpc) is 2.64. The Labute approximate surface area is 171 Å². The third-order valence-electron chi connectivity index (χ3n) is 5.28. The van der Waals surface area contributed by atoms with Gasteiger partial charge in [-0.1, -0.05) is 110 Å². The number of hydrogen-bond donors (Lipinski definition) is 2. The van der Waals surface area contributed by atoms with Gasteiger partial charge in [0.05, 0.1) is 0 Å². The monoisotopic (exact) mass is 402 g/mol. The summed E-state index contributed by atoms with van der Waals surface area (Å²) in [6, 6.07) is 18.6. The third-order valence-corrected chi connectivity index (χ3v) is 9.29. The van der Waals surface area contributed by atoms with Crippen LogP contribution in [0.3, 0.4) is 0 Å². The van der Waals surface area contributed by atoms with Crippen LogP contribution in [-0.4, -0.2) is 33.8 Å². The average molecular weight is 403 g/mol. The number of ether oxygens (including phenoxy) is 1. The summed E-state index contributed by atoms with van der Waals surface area (Å²) in [6.07, 6.45) is 0.415. The van der Waals surface area contributed by atoms with Crippen molar-refractivity contribution in [2.24, 2.45) is 0 Å². The molecule has 0 spiro atoms. The highest BCUT2D eigenvalue weighted by Gasteiger charge is 2.55. The fourth-order valence-electron chi connectivity index (χ4n) is 4.01. The van der Waals surface area contributed by atoms with E-state index in [9.17, 15) is 10.2 Å². The van der Waals surface area contributed by atoms with E-state index in [1.807, 2.05) is 48.5 Å². The van der Waals surface area contributed by atoms with E-state index in [0.717, 1.165) is 0 Å². The molecule has 2 unspecified atom stereocenters. The summed E-state index contributed by atoms with van der Waals surface area (Å²) in [6.45, 7) is 13.3. The highest BCUT2D eigenvalue weighted by atomic mass is 31.1. The van der Waals surface area contributed by atoms with Crippen molar-refractivity contribution in [3.05, 3.63) is 71.8 Å². The van der Waals surface area contributed by atoms with Crippen molar-refractivity contribution in [1.82, 2.24) is 0 Å². The Hall–Kier alpha value is -1.25. The first-order chi connectivity index (χ1) is 12.9. The summed E-state index contributed by atoms with van der Waals surface area (Å²) < 4.78 is 5.69. The topological polar surface area (TPSA) is 49.7 Å². The molecule has 2 atom stereocenters. The minimum atomic E-state index is -1.87. The van der Waals surface area contributed by atoms with Gasteiger partial charge in [0.2, 0.25) is 5.79 Å². The van der Waals surface area contributed by atoms with Gasteiger partial charge < -0.3 is 14.9 Å². The zero-order chi connectivity index (χ0) is 21.2. The summed E-state index contributed by atoms with van der Waals surface area (Å²) in [5.41, 5.74) is -0.401. The second-order valence-corrected chi connectivity index (χ2v) is 13.2. The van der Waals surface area contributed by atoms with Gasteiger partial charge in [0.25, 0.3) is 0 Å². The zero-order valence-corrected chi connectivity index (χ0v) is 19.1. The van der Waals surface area contributed by atoms with Crippen LogP contribution in [0.2, 0.25) is 0 Å². The van der Waals surface area contributed by atoms with Crippen molar-refractivity contribution in [3.63, 3.8) is 0 Å². The van der Waals surface area contributed by atoms with E-state index in [0.29, 0.717) is 17.3 Å². The second kappa shape index (κ2) is 8.24. The van der Waals surface area contributed by atoms with E-state index in [4.69, 9.17) is 4.74 Å². The lowest BCUT2D eigenvalue weighted by atomic mass is 9.82. The lowest BCUT2D eigenvalue weighted by molar-refractivity contribution is -0.297. The van der Waals surface area contributed by atoms with Crippen LogP contribution < -0.4 is 0 Å². The molecule has 0 aliphatic carbocycles. The fourth-order valence-corrected chi connectivity index (χ4v) is 7.82. The van der Waals surface area contributed by atoms with Gasteiger partial charge in [0, 0.05) is 18.8 Å². The maximum atomic E-state index is 12.2. The first-order valence-corrected chi connectivity index (χ1v) is 11.3. The molecule has 4 heteroatoms. The molecule has 0 aliphatic heterocycles. The highest BCUT2D eigenvalue weighted by Crippen LogP contribution is 2.63. The Morgan fingerprint density at radius 1 is 0.714 bits per heavy atom. The molecule has 2 N–H and O–H groups in total. The van der Waals surface area contributed by atoms with Gasteiger partial charge in [-0.05, 0) is 15.9 Å². The lowest BCUT2D eigenvalue weighted by Crippen LogP contribution is -2.54. The molecule has 0 heterocycles. The maximum Gasteiger partial charge on any atom is 0.226 e. The van der Waals surface area contributed by atoms with Crippen LogP contribution in [0.1, 0.15) is 52.7 Å². The molecule has 0 radical (unpaired) electrons. The molecule has 0 aliphatic rings. The Bertz CT molecular complexity index is 735. The Morgan fingerprint density at radius 2 is 1.11 bits per heavy atom. The minimum absolute atomic E-state index is 0.0122. The molecule has 0 saturated heterocycles. The predicted molar refractivity (Wildman–Crippen MR) is 119 cm³/mol. The van der Waals surface area contributed by atoms with E-state index in [1.165, 1.54) is 7.11 Å². The lowest BCUT2D eigenvalue weighted by Gasteiger charge is -2.50. The largest absolute Gasteiger partial charge is 0.379 e. The molecule has 0 amide bonds.